The molecule has 5 nitrogen and oxygen atoms in total. The van der Waals surface area contributed by atoms with Crippen LogP contribution in [0.1, 0.15) is 12.5 Å². The van der Waals surface area contributed by atoms with Crippen LogP contribution in [0.25, 0.3) is 5.76 Å². The first-order chi connectivity index (χ1) is 12.8. The van der Waals surface area contributed by atoms with Crippen LogP contribution in [0.4, 0.5) is 14.5 Å². The van der Waals surface area contributed by atoms with E-state index in [2.05, 4.69) is 9.98 Å². The highest BCUT2D eigenvalue weighted by Gasteiger charge is 2.21. The highest BCUT2D eigenvalue weighted by atomic mass is 35.5. The highest BCUT2D eigenvalue weighted by molar-refractivity contribution is 6.48. The number of hydrogen-bond donors (Lipinski definition) is 1. The predicted molar refractivity (Wildman–Crippen MR) is 100.0 cm³/mol. The summed E-state index contributed by atoms with van der Waals surface area (Å²) in [4.78, 5) is 19.7. The van der Waals surface area contributed by atoms with E-state index in [1.54, 1.807) is 6.92 Å². The van der Waals surface area contributed by atoms with Crippen molar-refractivity contribution in [2.24, 2.45) is 4.99 Å². The molecule has 0 aliphatic carbocycles. The molecule has 1 aromatic heterocycles. The normalized spacial score (nSPS) is 12.2. The molecule has 0 aliphatic heterocycles. The smallest absolute Gasteiger partial charge is 0.343 e. The number of aromatic nitrogens is 1. The third-order valence-corrected chi connectivity index (χ3v) is 4.41. The van der Waals surface area contributed by atoms with Gasteiger partial charge in [0.25, 0.3) is 0 Å². The number of carbonyl (C=O) groups is 1. The van der Waals surface area contributed by atoms with Crippen molar-refractivity contribution in [2.75, 3.05) is 6.61 Å². The molecule has 142 valence electrons. The van der Waals surface area contributed by atoms with Gasteiger partial charge in [-0.15, -0.1) is 0 Å². The van der Waals surface area contributed by atoms with Crippen LogP contribution in [-0.2, 0) is 9.53 Å². The zero-order valence-corrected chi connectivity index (χ0v) is 15.9. The SMILES string of the molecule is CCOC(=O)C(C=Nc1ccc(F)cc1F)=C(O)c1cnc(Cl)c(Cl)c1Cl. The average molecular weight is 436 g/mol. The lowest BCUT2D eigenvalue weighted by Crippen LogP contribution is -2.11. The van der Waals surface area contributed by atoms with Gasteiger partial charge < -0.3 is 9.84 Å². The Balaban J connectivity index is 2.57. The van der Waals surface area contributed by atoms with Crippen molar-refractivity contribution in [3.8, 4) is 0 Å². The molecule has 0 aliphatic rings. The predicted octanol–water partition coefficient (Wildman–Crippen LogP) is 5.55. The maximum atomic E-state index is 13.7. The van der Waals surface area contributed by atoms with Crippen LogP contribution >= 0.6 is 34.8 Å². The van der Waals surface area contributed by atoms with Gasteiger partial charge in [0.05, 0.1) is 27.9 Å². The summed E-state index contributed by atoms with van der Waals surface area (Å²) in [5.41, 5.74) is -0.813. The number of aliphatic imine (C=N–C) groups is 1. The van der Waals surface area contributed by atoms with E-state index in [1.807, 2.05) is 0 Å². The van der Waals surface area contributed by atoms with E-state index in [4.69, 9.17) is 39.5 Å². The van der Waals surface area contributed by atoms with Gasteiger partial charge in [-0.3, -0.25) is 4.99 Å². The minimum atomic E-state index is -0.955. The van der Waals surface area contributed by atoms with Crippen LogP contribution in [0.5, 0.6) is 0 Å². The molecule has 1 aromatic carbocycles. The van der Waals surface area contributed by atoms with Crippen molar-refractivity contribution < 1.29 is 23.4 Å². The number of carbonyl (C=O) groups excluding carboxylic acids is 1. The molecule has 1 N–H and O–H groups in total. The second kappa shape index (κ2) is 9.12. The van der Waals surface area contributed by atoms with Gasteiger partial charge in [-0.1, -0.05) is 34.8 Å². The number of pyridine rings is 1. The number of esters is 1. The fourth-order valence-electron chi connectivity index (χ4n) is 1.89. The Morgan fingerprint density at radius 2 is 2.00 bits per heavy atom. The number of benzene rings is 1. The molecule has 27 heavy (non-hydrogen) atoms. The quantitative estimate of drug-likeness (QED) is 0.220. The van der Waals surface area contributed by atoms with Crippen molar-refractivity contribution >= 4 is 58.4 Å². The van der Waals surface area contributed by atoms with Crippen LogP contribution < -0.4 is 0 Å². The molecule has 0 saturated heterocycles. The molecule has 2 aromatic rings. The summed E-state index contributed by atoms with van der Waals surface area (Å²) in [6, 6.07) is 2.68. The van der Waals surface area contributed by atoms with E-state index < -0.39 is 28.9 Å². The first-order valence-electron chi connectivity index (χ1n) is 7.35. The lowest BCUT2D eigenvalue weighted by Gasteiger charge is -2.09. The number of aliphatic hydroxyl groups excluding tert-OH is 1. The molecule has 10 heteroatoms. The minimum Gasteiger partial charge on any atom is -0.506 e. The second-order valence-corrected chi connectivity index (χ2v) is 6.04. The van der Waals surface area contributed by atoms with Gasteiger partial charge in [0, 0.05) is 18.5 Å². The maximum absolute atomic E-state index is 13.7. The number of ether oxygens (including phenoxy) is 1. The molecule has 0 spiro atoms. The third kappa shape index (κ3) is 4.94. The van der Waals surface area contributed by atoms with Crippen LogP contribution in [0.3, 0.4) is 0 Å². The number of rotatable bonds is 5. The van der Waals surface area contributed by atoms with Crippen molar-refractivity contribution in [3.05, 3.63) is 62.4 Å². The van der Waals surface area contributed by atoms with E-state index in [0.29, 0.717) is 6.07 Å². The Hall–Kier alpha value is -2.22. The highest BCUT2D eigenvalue weighted by Crippen LogP contribution is 2.34. The van der Waals surface area contributed by atoms with Crippen molar-refractivity contribution in [1.82, 2.24) is 4.98 Å². The zero-order valence-electron chi connectivity index (χ0n) is 13.6. The fourth-order valence-corrected chi connectivity index (χ4v) is 2.46. The Bertz CT molecular complexity index is 949. The summed E-state index contributed by atoms with van der Waals surface area (Å²) >= 11 is 17.7. The Kier molecular flexibility index (Phi) is 7.12. The Morgan fingerprint density at radius 1 is 1.30 bits per heavy atom. The lowest BCUT2D eigenvalue weighted by molar-refractivity contribution is -0.137. The van der Waals surface area contributed by atoms with Gasteiger partial charge in [0.1, 0.15) is 22.3 Å². The molecule has 2 rings (SSSR count). The Labute approximate surface area is 167 Å². The number of nitrogens with zero attached hydrogens (tertiary/aromatic N) is 2. The molecule has 0 bridgehead atoms. The number of halogens is 5. The molecule has 0 amide bonds. The van der Waals surface area contributed by atoms with Gasteiger partial charge in [-0.05, 0) is 19.1 Å². The topological polar surface area (TPSA) is 71.8 Å². The first-order valence-corrected chi connectivity index (χ1v) is 8.49. The summed E-state index contributed by atoms with van der Waals surface area (Å²) in [6.45, 7) is 1.55. The lowest BCUT2D eigenvalue weighted by atomic mass is 10.1. The third-order valence-electron chi connectivity index (χ3n) is 3.17. The van der Waals surface area contributed by atoms with Crippen LogP contribution in [0.2, 0.25) is 15.2 Å². The van der Waals surface area contributed by atoms with E-state index in [9.17, 15) is 18.7 Å². The number of hydrogen-bond acceptors (Lipinski definition) is 5. The monoisotopic (exact) mass is 434 g/mol. The zero-order chi connectivity index (χ0) is 20.1. The fraction of sp³-hybridized carbons (Fsp3) is 0.118. The van der Waals surface area contributed by atoms with Gasteiger partial charge in [-0.25, -0.2) is 18.6 Å². The number of aliphatic hydroxyl groups is 1. The first kappa shape index (κ1) is 21.1. The van der Waals surface area contributed by atoms with E-state index in [0.717, 1.165) is 24.5 Å². The van der Waals surface area contributed by atoms with E-state index in [-0.39, 0.29) is 33.1 Å². The summed E-state index contributed by atoms with van der Waals surface area (Å²) in [5.74, 6) is -3.36. The van der Waals surface area contributed by atoms with Gasteiger partial charge in [0.2, 0.25) is 0 Å². The summed E-state index contributed by atoms with van der Waals surface area (Å²) < 4.78 is 31.6. The molecule has 0 saturated carbocycles. The van der Waals surface area contributed by atoms with Crippen LogP contribution in [0.15, 0.2) is 35.0 Å². The van der Waals surface area contributed by atoms with Crippen molar-refractivity contribution in [2.45, 2.75) is 6.92 Å². The molecule has 0 radical (unpaired) electrons. The second-order valence-electron chi connectivity index (χ2n) is 4.93. The molecular weight excluding hydrogens is 425 g/mol. The van der Waals surface area contributed by atoms with Crippen LogP contribution in [0, 0.1) is 11.6 Å². The van der Waals surface area contributed by atoms with Gasteiger partial charge in [0.15, 0.2) is 5.82 Å². The molecule has 0 fully saturated rings. The minimum absolute atomic E-state index is 0.00171. The molecule has 1 heterocycles. The van der Waals surface area contributed by atoms with Crippen molar-refractivity contribution in [3.63, 3.8) is 0 Å². The van der Waals surface area contributed by atoms with Gasteiger partial charge >= 0.3 is 5.97 Å². The summed E-state index contributed by atoms with van der Waals surface area (Å²) in [5, 5.41) is 10.1. The average Bonchev–Trinajstić information content (AvgIpc) is 2.61. The Morgan fingerprint density at radius 3 is 2.63 bits per heavy atom. The maximum Gasteiger partial charge on any atom is 0.343 e. The van der Waals surface area contributed by atoms with Gasteiger partial charge in [-0.2, -0.15) is 0 Å². The standard InChI is InChI=1S/C17H11Cl3F2N2O3/c1-2-27-17(26)10(7-23-12-4-3-8(21)5-11(12)22)15(25)9-6-24-16(20)14(19)13(9)18/h3-7,25H,2H2,1H3. The summed E-state index contributed by atoms with van der Waals surface area (Å²) in [7, 11) is 0. The molecular formula is C17H11Cl3F2N2O3. The van der Waals surface area contributed by atoms with Crippen LogP contribution in [-0.4, -0.2) is 28.9 Å². The van der Waals surface area contributed by atoms with E-state index >= 15 is 0 Å². The largest absolute Gasteiger partial charge is 0.506 e. The molecule has 0 unspecified atom stereocenters. The summed E-state index contributed by atoms with van der Waals surface area (Å²) in [6.07, 6.45) is 1.96. The van der Waals surface area contributed by atoms with E-state index in [1.165, 1.54) is 0 Å². The van der Waals surface area contributed by atoms with Crippen molar-refractivity contribution in [1.29, 1.82) is 0 Å². The molecule has 0 atom stereocenters.